The van der Waals surface area contributed by atoms with Crippen molar-refractivity contribution in [2.75, 3.05) is 0 Å². The molecule has 1 fully saturated rings. The van der Waals surface area contributed by atoms with E-state index in [9.17, 15) is 20.0 Å². The van der Waals surface area contributed by atoms with Gasteiger partial charge in [-0.25, -0.2) is 0 Å². The largest absolute Gasteiger partial charge is 0.391 e. The molecule has 2 atom stereocenters. The Morgan fingerprint density at radius 3 is 2.75 bits per heavy atom. The SMILES string of the molecule is O=C(N[C@H]1CCCC[C@@H]1O)c1ccc(Cl)cc1[N+](=O)[O-]. The Morgan fingerprint density at radius 2 is 2.10 bits per heavy atom. The maximum atomic E-state index is 12.1. The standard InChI is InChI=1S/C13H15ClN2O4/c14-8-5-6-9(11(7-8)16(19)20)13(18)15-10-3-1-2-4-12(10)17/h5-7,10,12,17H,1-4H2,(H,15,18)/t10-,12-/m0/s1. The number of nitrogens with zero attached hydrogens (tertiary/aromatic N) is 1. The molecular weight excluding hydrogens is 284 g/mol. The minimum absolute atomic E-state index is 0.0443. The third-order valence-electron chi connectivity index (χ3n) is 3.45. The number of rotatable bonds is 3. The van der Waals surface area contributed by atoms with E-state index in [0.717, 1.165) is 18.9 Å². The smallest absolute Gasteiger partial charge is 0.283 e. The van der Waals surface area contributed by atoms with Gasteiger partial charge in [0.15, 0.2) is 0 Å². The average Bonchev–Trinajstić information content (AvgIpc) is 2.41. The van der Waals surface area contributed by atoms with Crippen LogP contribution in [0.15, 0.2) is 18.2 Å². The molecule has 0 heterocycles. The Bertz CT molecular complexity index is 535. The summed E-state index contributed by atoms with van der Waals surface area (Å²) in [6.45, 7) is 0. The average molecular weight is 299 g/mol. The molecular formula is C13H15ClN2O4. The van der Waals surface area contributed by atoms with Crippen LogP contribution in [-0.4, -0.2) is 28.1 Å². The molecule has 1 aliphatic rings. The Balaban J connectivity index is 2.18. The topological polar surface area (TPSA) is 92.5 Å². The van der Waals surface area contributed by atoms with Crippen molar-refractivity contribution in [3.05, 3.63) is 38.9 Å². The van der Waals surface area contributed by atoms with Crippen molar-refractivity contribution in [1.29, 1.82) is 0 Å². The summed E-state index contributed by atoms with van der Waals surface area (Å²) >= 11 is 5.70. The summed E-state index contributed by atoms with van der Waals surface area (Å²) in [4.78, 5) is 22.4. The first-order chi connectivity index (χ1) is 9.49. The van der Waals surface area contributed by atoms with Gasteiger partial charge in [-0.3, -0.25) is 14.9 Å². The van der Waals surface area contributed by atoms with Crippen molar-refractivity contribution < 1.29 is 14.8 Å². The first-order valence-electron chi connectivity index (χ1n) is 6.42. The van der Waals surface area contributed by atoms with Crippen LogP contribution in [0.25, 0.3) is 0 Å². The molecule has 2 rings (SSSR count). The van der Waals surface area contributed by atoms with E-state index in [-0.39, 0.29) is 22.3 Å². The van der Waals surface area contributed by atoms with E-state index in [2.05, 4.69) is 5.32 Å². The minimum atomic E-state index is -0.641. The highest BCUT2D eigenvalue weighted by molar-refractivity contribution is 6.31. The second-order valence-corrected chi connectivity index (χ2v) is 5.29. The maximum absolute atomic E-state index is 12.1. The van der Waals surface area contributed by atoms with Crippen LogP contribution in [-0.2, 0) is 0 Å². The third kappa shape index (κ3) is 3.26. The molecule has 1 aromatic carbocycles. The number of benzene rings is 1. The molecule has 0 aromatic heterocycles. The van der Waals surface area contributed by atoms with Crippen LogP contribution in [0, 0.1) is 10.1 Å². The number of halogens is 1. The van der Waals surface area contributed by atoms with Crippen LogP contribution >= 0.6 is 11.6 Å². The second-order valence-electron chi connectivity index (χ2n) is 4.85. The second kappa shape index (κ2) is 6.19. The molecule has 6 nitrogen and oxygen atoms in total. The van der Waals surface area contributed by atoms with Gasteiger partial charge in [0.05, 0.1) is 17.1 Å². The van der Waals surface area contributed by atoms with Crippen molar-refractivity contribution in [2.45, 2.75) is 37.8 Å². The lowest BCUT2D eigenvalue weighted by Crippen LogP contribution is -2.45. The maximum Gasteiger partial charge on any atom is 0.283 e. The van der Waals surface area contributed by atoms with Crippen molar-refractivity contribution in [2.24, 2.45) is 0 Å². The first kappa shape index (κ1) is 14.7. The monoisotopic (exact) mass is 298 g/mol. The van der Waals surface area contributed by atoms with Crippen LogP contribution in [0.4, 0.5) is 5.69 Å². The fraction of sp³-hybridized carbons (Fsp3) is 0.462. The lowest BCUT2D eigenvalue weighted by atomic mass is 9.92. The number of amides is 1. The Hall–Kier alpha value is -1.66. The molecule has 7 heteroatoms. The van der Waals surface area contributed by atoms with Crippen molar-refractivity contribution in [3.63, 3.8) is 0 Å². The number of hydrogen-bond donors (Lipinski definition) is 2. The number of hydrogen-bond acceptors (Lipinski definition) is 4. The molecule has 108 valence electrons. The molecule has 1 aliphatic carbocycles. The molecule has 0 radical (unpaired) electrons. The normalized spacial score (nSPS) is 22.3. The molecule has 2 N–H and O–H groups in total. The molecule has 1 aromatic rings. The van der Waals surface area contributed by atoms with Crippen LogP contribution < -0.4 is 5.32 Å². The number of nitro groups is 1. The van der Waals surface area contributed by atoms with Gasteiger partial charge >= 0.3 is 0 Å². The first-order valence-corrected chi connectivity index (χ1v) is 6.79. The van der Waals surface area contributed by atoms with Crippen molar-refractivity contribution >= 4 is 23.2 Å². The Labute approximate surface area is 120 Å². The zero-order valence-corrected chi connectivity index (χ0v) is 11.5. The van der Waals surface area contributed by atoms with E-state index in [0.29, 0.717) is 12.8 Å². The molecule has 0 aliphatic heterocycles. The number of carbonyl (C=O) groups is 1. The zero-order chi connectivity index (χ0) is 14.7. The summed E-state index contributed by atoms with van der Waals surface area (Å²) < 4.78 is 0. The summed E-state index contributed by atoms with van der Waals surface area (Å²) in [7, 11) is 0. The van der Waals surface area contributed by atoms with E-state index in [1.807, 2.05) is 0 Å². The molecule has 1 saturated carbocycles. The third-order valence-corrected chi connectivity index (χ3v) is 3.68. The lowest BCUT2D eigenvalue weighted by Gasteiger charge is -2.28. The van der Waals surface area contributed by atoms with Crippen molar-refractivity contribution in [3.8, 4) is 0 Å². The van der Waals surface area contributed by atoms with E-state index < -0.39 is 16.9 Å². The number of aliphatic hydroxyl groups excluding tert-OH is 1. The molecule has 0 unspecified atom stereocenters. The highest BCUT2D eigenvalue weighted by Crippen LogP contribution is 2.24. The molecule has 1 amide bonds. The fourth-order valence-corrected chi connectivity index (χ4v) is 2.54. The van der Waals surface area contributed by atoms with Gasteiger partial charge < -0.3 is 10.4 Å². The van der Waals surface area contributed by atoms with Gasteiger partial charge in [-0.05, 0) is 25.0 Å². The predicted octanol–water partition coefficient (Wildman–Crippen LogP) is 2.28. The van der Waals surface area contributed by atoms with E-state index in [1.165, 1.54) is 12.1 Å². The summed E-state index contributed by atoms with van der Waals surface area (Å²) in [6, 6.07) is 3.55. The molecule has 0 saturated heterocycles. The van der Waals surface area contributed by atoms with Crippen LogP contribution in [0.2, 0.25) is 5.02 Å². The number of nitro benzene ring substituents is 1. The van der Waals surface area contributed by atoms with Gasteiger partial charge in [0.25, 0.3) is 11.6 Å². The summed E-state index contributed by atoms with van der Waals surface area (Å²) in [6.07, 6.45) is 2.56. The number of aliphatic hydroxyl groups is 1. The number of nitrogens with one attached hydrogen (secondary N) is 1. The van der Waals surface area contributed by atoms with Crippen LogP contribution in [0.5, 0.6) is 0 Å². The summed E-state index contributed by atoms with van der Waals surface area (Å²) in [5.74, 6) is -0.556. The summed E-state index contributed by atoms with van der Waals surface area (Å²) in [5.41, 5.74) is -0.377. The number of carbonyl (C=O) groups excluding carboxylic acids is 1. The highest BCUT2D eigenvalue weighted by atomic mass is 35.5. The zero-order valence-electron chi connectivity index (χ0n) is 10.7. The highest BCUT2D eigenvalue weighted by Gasteiger charge is 2.27. The van der Waals surface area contributed by atoms with Gasteiger partial charge in [-0.2, -0.15) is 0 Å². The van der Waals surface area contributed by atoms with E-state index in [1.54, 1.807) is 0 Å². The van der Waals surface area contributed by atoms with Gasteiger partial charge in [0.1, 0.15) is 5.56 Å². The Kier molecular flexibility index (Phi) is 4.57. The minimum Gasteiger partial charge on any atom is -0.391 e. The van der Waals surface area contributed by atoms with Gasteiger partial charge in [-0.1, -0.05) is 24.4 Å². The van der Waals surface area contributed by atoms with Crippen molar-refractivity contribution in [1.82, 2.24) is 5.32 Å². The molecule has 0 bridgehead atoms. The lowest BCUT2D eigenvalue weighted by molar-refractivity contribution is -0.385. The van der Waals surface area contributed by atoms with Gasteiger partial charge in [-0.15, -0.1) is 0 Å². The quantitative estimate of drug-likeness (QED) is 0.661. The van der Waals surface area contributed by atoms with Gasteiger partial charge in [0.2, 0.25) is 0 Å². The predicted molar refractivity (Wildman–Crippen MR) is 73.8 cm³/mol. The summed E-state index contributed by atoms with van der Waals surface area (Å²) in [5, 5.41) is 23.6. The Morgan fingerprint density at radius 1 is 1.40 bits per heavy atom. The van der Waals surface area contributed by atoms with Gasteiger partial charge in [0, 0.05) is 11.1 Å². The van der Waals surface area contributed by atoms with E-state index in [4.69, 9.17) is 11.6 Å². The molecule has 20 heavy (non-hydrogen) atoms. The van der Waals surface area contributed by atoms with E-state index >= 15 is 0 Å². The van der Waals surface area contributed by atoms with Crippen LogP contribution in [0.3, 0.4) is 0 Å². The van der Waals surface area contributed by atoms with Crippen LogP contribution in [0.1, 0.15) is 36.0 Å². The molecule has 0 spiro atoms. The fourth-order valence-electron chi connectivity index (χ4n) is 2.37.